The molecule has 0 bridgehead atoms. The summed E-state index contributed by atoms with van der Waals surface area (Å²) in [5, 5.41) is 7.46. The standard InChI is InChI=1S/C55H41N3/c1-2-14-40-32-41(30-27-36(40)12-1)52-34-51(39-28-25-37(26-29-39)44-18-11-31-56-35-44)57-55(58-52)43-17-9-16-42(33-43)53-47-20-5-7-22-49(47)54(50-23-8-6-21-48(50)53)46-24-10-15-38-13-3-4-19-45(38)46/h1,3-13,15-25,28-29,31-35,37H,2,14,26-27,30H2. The molecular formula is C55H41N3. The quantitative estimate of drug-likeness (QED) is 0.159. The number of rotatable bonds is 6. The van der Waals surface area contributed by atoms with E-state index in [-0.39, 0.29) is 0 Å². The Balaban J connectivity index is 1.07. The fourth-order valence-electron chi connectivity index (χ4n) is 9.42. The summed E-state index contributed by atoms with van der Waals surface area (Å²) in [5.41, 5.74) is 14.5. The van der Waals surface area contributed by atoms with E-state index < -0.39 is 0 Å². The van der Waals surface area contributed by atoms with Gasteiger partial charge in [0.25, 0.3) is 0 Å². The normalized spacial score (nSPS) is 16.4. The van der Waals surface area contributed by atoms with Crippen molar-refractivity contribution in [3.05, 3.63) is 210 Å². The summed E-state index contributed by atoms with van der Waals surface area (Å²) in [7, 11) is 0. The van der Waals surface area contributed by atoms with Gasteiger partial charge in [-0.25, -0.2) is 9.97 Å². The van der Waals surface area contributed by atoms with Crippen molar-refractivity contribution in [1.82, 2.24) is 15.0 Å². The molecule has 0 radical (unpaired) electrons. The van der Waals surface area contributed by atoms with Crippen LogP contribution in [0.3, 0.4) is 0 Å². The van der Waals surface area contributed by atoms with Gasteiger partial charge in [-0.05, 0) is 133 Å². The topological polar surface area (TPSA) is 38.7 Å². The van der Waals surface area contributed by atoms with Crippen LogP contribution in [0.1, 0.15) is 55.0 Å². The van der Waals surface area contributed by atoms with Gasteiger partial charge in [0.05, 0.1) is 11.4 Å². The maximum absolute atomic E-state index is 5.38. The fraction of sp³-hybridized carbons (Fsp3) is 0.109. The van der Waals surface area contributed by atoms with Crippen LogP contribution in [0.25, 0.3) is 77.1 Å². The molecule has 3 aliphatic rings. The molecule has 1 atom stereocenters. The molecule has 0 saturated carbocycles. The third kappa shape index (κ3) is 6.11. The van der Waals surface area contributed by atoms with Crippen molar-refractivity contribution in [2.75, 3.05) is 0 Å². The minimum atomic E-state index is 0.303. The van der Waals surface area contributed by atoms with Gasteiger partial charge in [-0.1, -0.05) is 152 Å². The highest BCUT2D eigenvalue weighted by molar-refractivity contribution is 6.23. The summed E-state index contributed by atoms with van der Waals surface area (Å²) in [6, 6.07) is 48.5. The molecule has 276 valence electrons. The molecule has 8 aromatic rings. The molecule has 0 aliphatic heterocycles. The monoisotopic (exact) mass is 743 g/mol. The third-order valence-electron chi connectivity index (χ3n) is 12.3. The Bertz CT molecular complexity index is 3030. The van der Waals surface area contributed by atoms with Crippen LogP contribution < -0.4 is 0 Å². The van der Waals surface area contributed by atoms with Crippen LogP contribution in [-0.4, -0.2) is 15.0 Å². The zero-order valence-corrected chi connectivity index (χ0v) is 32.3. The number of benzene rings is 6. The predicted octanol–water partition coefficient (Wildman–Crippen LogP) is 14.3. The molecule has 0 amide bonds. The first-order valence-corrected chi connectivity index (χ1v) is 20.5. The van der Waals surface area contributed by atoms with Crippen LogP contribution in [0.15, 0.2) is 193 Å². The number of hydrogen-bond donors (Lipinski definition) is 0. The van der Waals surface area contributed by atoms with E-state index in [1.54, 1.807) is 0 Å². The zero-order chi connectivity index (χ0) is 38.4. The lowest BCUT2D eigenvalue weighted by atomic mass is 9.84. The molecule has 11 rings (SSSR count). The first-order chi connectivity index (χ1) is 28.7. The van der Waals surface area contributed by atoms with Crippen molar-refractivity contribution in [1.29, 1.82) is 0 Å². The SMILES string of the molecule is C1=CC2=C(C=C(c3cc(C4=CCC(c5cccnc5)C=C4)nc(-c4cccc(-c5c6ccccc6c(-c6cccc7ccccc67)c6ccccc56)c4)n3)CC2)CC1. The van der Waals surface area contributed by atoms with E-state index >= 15 is 0 Å². The Morgan fingerprint density at radius 3 is 2.05 bits per heavy atom. The molecule has 0 fully saturated rings. The number of nitrogens with zero attached hydrogens (tertiary/aromatic N) is 3. The van der Waals surface area contributed by atoms with Crippen molar-refractivity contribution in [2.45, 2.75) is 38.0 Å². The Morgan fingerprint density at radius 2 is 1.28 bits per heavy atom. The van der Waals surface area contributed by atoms with Gasteiger partial charge in [-0.3, -0.25) is 4.98 Å². The number of hydrogen-bond acceptors (Lipinski definition) is 3. The molecule has 2 aromatic heterocycles. The lowest BCUT2D eigenvalue weighted by molar-refractivity contribution is 0.848. The summed E-state index contributed by atoms with van der Waals surface area (Å²) < 4.78 is 0. The number of allylic oxidation sites excluding steroid dienone is 10. The summed E-state index contributed by atoms with van der Waals surface area (Å²) >= 11 is 0. The highest BCUT2D eigenvalue weighted by Crippen LogP contribution is 2.46. The van der Waals surface area contributed by atoms with E-state index in [1.807, 2.05) is 18.5 Å². The lowest BCUT2D eigenvalue weighted by Crippen LogP contribution is -2.06. The molecule has 2 heterocycles. The average Bonchev–Trinajstić information content (AvgIpc) is 3.30. The van der Waals surface area contributed by atoms with E-state index in [9.17, 15) is 0 Å². The van der Waals surface area contributed by atoms with Crippen molar-refractivity contribution in [3.63, 3.8) is 0 Å². The summed E-state index contributed by atoms with van der Waals surface area (Å²) in [6.45, 7) is 0. The van der Waals surface area contributed by atoms with Crippen molar-refractivity contribution in [2.24, 2.45) is 0 Å². The Labute approximate surface area is 339 Å². The maximum Gasteiger partial charge on any atom is 0.160 e. The first kappa shape index (κ1) is 34.3. The van der Waals surface area contributed by atoms with Crippen LogP contribution in [0, 0.1) is 0 Å². The molecule has 0 saturated heterocycles. The lowest BCUT2D eigenvalue weighted by Gasteiger charge is -2.22. The average molecular weight is 744 g/mol. The molecule has 6 aromatic carbocycles. The minimum absolute atomic E-state index is 0.303. The van der Waals surface area contributed by atoms with Crippen LogP contribution >= 0.6 is 0 Å². The number of fused-ring (bicyclic) bond motifs is 3. The smallest absolute Gasteiger partial charge is 0.160 e. The molecule has 58 heavy (non-hydrogen) atoms. The molecule has 3 aliphatic carbocycles. The third-order valence-corrected chi connectivity index (χ3v) is 12.3. The van der Waals surface area contributed by atoms with Gasteiger partial charge in [-0.2, -0.15) is 0 Å². The summed E-state index contributed by atoms with van der Waals surface area (Å²) in [5.74, 6) is 1.06. The van der Waals surface area contributed by atoms with Crippen molar-refractivity contribution < 1.29 is 0 Å². The Morgan fingerprint density at radius 1 is 0.552 bits per heavy atom. The van der Waals surface area contributed by atoms with Crippen LogP contribution in [0.4, 0.5) is 0 Å². The molecular weight excluding hydrogens is 703 g/mol. The minimum Gasteiger partial charge on any atom is -0.264 e. The Kier molecular flexibility index (Phi) is 8.58. The van der Waals surface area contributed by atoms with Gasteiger partial charge in [0.1, 0.15) is 0 Å². The molecule has 0 N–H and O–H groups in total. The maximum atomic E-state index is 5.38. The van der Waals surface area contributed by atoms with E-state index in [2.05, 4.69) is 169 Å². The van der Waals surface area contributed by atoms with E-state index in [1.165, 1.54) is 71.3 Å². The highest BCUT2D eigenvalue weighted by atomic mass is 14.9. The van der Waals surface area contributed by atoms with E-state index in [0.717, 1.165) is 66.0 Å². The summed E-state index contributed by atoms with van der Waals surface area (Å²) in [6.07, 6.45) is 22.9. The second kappa shape index (κ2) is 14.5. The molecule has 3 nitrogen and oxygen atoms in total. The van der Waals surface area contributed by atoms with Gasteiger partial charge >= 0.3 is 0 Å². The number of aromatic nitrogens is 3. The summed E-state index contributed by atoms with van der Waals surface area (Å²) in [4.78, 5) is 15.1. The molecule has 0 spiro atoms. The van der Waals surface area contributed by atoms with Gasteiger partial charge in [0, 0.05) is 23.9 Å². The highest BCUT2D eigenvalue weighted by Gasteiger charge is 2.22. The van der Waals surface area contributed by atoms with Crippen LogP contribution in [0.5, 0.6) is 0 Å². The largest absolute Gasteiger partial charge is 0.264 e. The van der Waals surface area contributed by atoms with Gasteiger partial charge in [-0.15, -0.1) is 0 Å². The van der Waals surface area contributed by atoms with Gasteiger partial charge in [0.2, 0.25) is 0 Å². The predicted molar refractivity (Wildman–Crippen MR) is 242 cm³/mol. The van der Waals surface area contributed by atoms with Crippen molar-refractivity contribution in [3.8, 4) is 33.6 Å². The number of pyridine rings is 1. The Hall–Kier alpha value is -6.97. The first-order valence-electron chi connectivity index (χ1n) is 20.5. The molecule has 1 unspecified atom stereocenters. The van der Waals surface area contributed by atoms with Crippen molar-refractivity contribution >= 4 is 43.5 Å². The van der Waals surface area contributed by atoms with E-state index in [0.29, 0.717) is 5.92 Å². The van der Waals surface area contributed by atoms with E-state index in [4.69, 9.17) is 9.97 Å². The van der Waals surface area contributed by atoms with Gasteiger partial charge < -0.3 is 0 Å². The fourth-order valence-corrected chi connectivity index (χ4v) is 9.42. The second-order valence-corrected chi connectivity index (χ2v) is 15.7. The van der Waals surface area contributed by atoms with Crippen LogP contribution in [0.2, 0.25) is 0 Å². The van der Waals surface area contributed by atoms with Gasteiger partial charge in [0.15, 0.2) is 5.82 Å². The van der Waals surface area contributed by atoms with Crippen LogP contribution in [-0.2, 0) is 0 Å². The second-order valence-electron chi connectivity index (χ2n) is 15.7. The zero-order valence-electron chi connectivity index (χ0n) is 32.3. The molecule has 3 heteroatoms.